The second kappa shape index (κ2) is 9.05. The number of rotatable bonds is 7. The number of ether oxygens (including phenoxy) is 2. The molecule has 0 unspecified atom stereocenters. The standard InChI is InChI=1S/C24H26N2O3/c1-2-13-28-18-11-9-17(10-12-18)23-15-21(20-7-3-4-8-22(20)26-23)24(27)25-16-19-6-5-14-29-19/h3-4,7-12,15,19H,2,5-6,13-14,16H2,1H3,(H,25,27)/t19-/m1/s1. The van der Waals surface area contributed by atoms with Crippen molar-refractivity contribution in [2.75, 3.05) is 19.8 Å². The van der Waals surface area contributed by atoms with E-state index < -0.39 is 0 Å². The Hall–Kier alpha value is -2.92. The molecule has 1 atom stereocenters. The van der Waals surface area contributed by atoms with Gasteiger partial charge in [0.25, 0.3) is 5.91 Å². The highest BCUT2D eigenvalue weighted by atomic mass is 16.5. The molecular weight excluding hydrogens is 364 g/mol. The van der Waals surface area contributed by atoms with Crippen molar-refractivity contribution in [3.8, 4) is 17.0 Å². The molecule has 2 heterocycles. The lowest BCUT2D eigenvalue weighted by atomic mass is 10.0. The molecule has 5 heteroatoms. The first-order chi connectivity index (χ1) is 14.2. The predicted molar refractivity (Wildman–Crippen MR) is 114 cm³/mol. The number of pyridine rings is 1. The Bertz CT molecular complexity index is 979. The van der Waals surface area contributed by atoms with E-state index in [0.29, 0.717) is 18.7 Å². The van der Waals surface area contributed by atoms with E-state index in [1.165, 1.54) is 0 Å². The van der Waals surface area contributed by atoms with E-state index in [1.807, 2.05) is 54.6 Å². The van der Waals surface area contributed by atoms with Gasteiger partial charge in [-0.15, -0.1) is 0 Å². The topological polar surface area (TPSA) is 60.5 Å². The third kappa shape index (κ3) is 4.57. The fraction of sp³-hybridized carbons (Fsp3) is 0.333. The summed E-state index contributed by atoms with van der Waals surface area (Å²) < 4.78 is 11.3. The molecule has 0 saturated carbocycles. The summed E-state index contributed by atoms with van der Waals surface area (Å²) >= 11 is 0. The summed E-state index contributed by atoms with van der Waals surface area (Å²) in [4.78, 5) is 17.7. The van der Waals surface area contributed by atoms with Crippen LogP contribution >= 0.6 is 0 Å². The average Bonchev–Trinajstić information content (AvgIpc) is 3.29. The Balaban J connectivity index is 1.62. The first-order valence-electron chi connectivity index (χ1n) is 10.3. The van der Waals surface area contributed by atoms with Crippen LogP contribution in [0.3, 0.4) is 0 Å². The first kappa shape index (κ1) is 19.4. The molecule has 150 valence electrons. The minimum atomic E-state index is -0.0942. The van der Waals surface area contributed by atoms with Crippen molar-refractivity contribution in [1.82, 2.24) is 10.3 Å². The van der Waals surface area contributed by atoms with Crippen LogP contribution in [-0.2, 0) is 4.74 Å². The smallest absolute Gasteiger partial charge is 0.252 e. The molecule has 1 amide bonds. The van der Waals surface area contributed by atoms with E-state index >= 15 is 0 Å². The predicted octanol–water partition coefficient (Wildman–Crippen LogP) is 4.60. The van der Waals surface area contributed by atoms with Crippen LogP contribution in [0.2, 0.25) is 0 Å². The molecule has 1 N–H and O–H groups in total. The van der Waals surface area contributed by atoms with Gasteiger partial charge in [0.2, 0.25) is 0 Å². The Morgan fingerprint density at radius 1 is 1.21 bits per heavy atom. The van der Waals surface area contributed by atoms with Crippen molar-refractivity contribution < 1.29 is 14.3 Å². The maximum atomic E-state index is 13.0. The molecular formula is C24H26N2O3. The number of hydrogen-bond donors (Lipinski definition) is 1. The van der Waals surface area contributed by atoms with Crippen molar-refractivity contribution in [3.05, 3.63) is 60.2 Å². The molecule has 0 aliphatic carbocycles. The quantitative estimate of drug-likeness (QED) is 0.640. The van der Waals surface area contributed by atoms with E-state index in [0.717, 1.165) is 53.8 Å². The summed E-state index contributed by atoms with van der Waals surface area (Å²) in [7, 11) is 0. The van der Waals surface area contributed by atoms with E-state index in [2.05, 4.69) is 12.2 Å². The summed E-state index contributed by atoms with van der Waals surface area (Å²) in [6.07, 6.45) is 3.14. The van der Waals surface area contributed by atoms with Crippen molar-refractivity contribution >= 4 is 16.8 Å². The number of nitrogens with zero attached hydrogens (tertiary/aromatic N) is 1. The van der Waals surface area contributed by atoms with Gasteiger partial charge in [-0.2, -0.15) is 0 Å². The van der Waals surface area contributed by atoms with Crippen LogP contribution in [0.5, 0.6) is 5.75 Å². The fourth-order valence-corrected chi connectivity index (χ4v) is 3.56. The zero-order chi connectivity index (χ0) is 20.1. The van der Waals surface area contributed by atoms with E-state index in [-0.39, 0.29) is 12.0 Å². The van der Waals surface area contributed by atoms with E-state index in [4.69, 9.17) is 14.5 Å². The molecule has 1 aliphatic rings. The second-order valence-electron chi connectivity index (χ2n) is 7.29. The second-order valence-corrected chi connectivity index (χ2v) is 7.29. The maximum Gasteiger partial charge on any atom is 0.252 e. The number of amides is 1. The van der Waals surface area contributed by atoms with Gasteiger partial charge in [0, 0.05) is 24.1 Å². The number of carbonyl (C=O) groups is 1. The van der Waals surface area contributed by atoms with Gasteiger partial charge in [-0.1, -0.05) is 25.1 Å². The van der Waals surface area contributed by atoms with Gasteiger partial charge in [0.05, 0.1) is 29.5 Å². The number of carbonyl (C=O) groups excluding carboxylic acids is 1. The third-order valence-corrected chi connectivity index (χ3v) is 5.10. The molecule has 1 saturated heterocycles. The molecule has 2 aromatic carbocycles. The van der Waals surface area contributed by atoms with Crippen LogP contribution in [-0.4, -0.2) is 36.8 Å². The number of hydrogen-bond acceptors (Lipinski definition) is 4. The van der Waals surface area contributed by atoms with Crippen LogP contribution in [0.1, 0.15) is 36.5 Å². The van der Waals surface area contributed by atoms with E-state index in [9.17, 15) is 4.79 Å². The van der Waals surface area contributed by atoms with Crippen LogP contribution in [0, 0.1) is 0 Å². The third-order valence-electron chi connectivity index (χ3n) is 5.10. The maximum absolute atomic E-state index is 13.0. The lowest BCUT2D eigenvalue weighted by molar-refractivity contribution is 0.0859. The number of fused-ring (bicyclic) bond motifs is 1. The average molecular weight is 390 g/mol. The minimum Gasteiger partial charge on any atom is -0.494 e. The van der Waals surface area contributed by atoms with Gasteiger partial charge in [-0.05, 0) is 55.7 Å². The fourth-order valence-electron chi connectivity index (χ4n) is 3.56. The lowest BCUT2D eigenvalue weighted by Crippen LogP contribution is -2.31. The molecule has 0 spiro atoms. The molecule has 1 aromatic heterocycles. The highest BCUT2D eigenvalue weighted by molar-refractivity contribution is 6.07. The summed E-state index contributed by atoms with van der Waals surface area (Å²) in [5, 5.41) is 3.88. The SMILES string of the molecule is CCCOc1ccc(-c2cc(C(=O)NC[C@H]3CCCO3)c3ccccc3n2)cc1. The van der Waals surface area contributed by atoms with Crippen molar-refractivity contribution in [2.45, 2.75) is 32.3 Å². The Morgan fingerprint density at radius 2 is 2.03 bits per heavy atom. The van der Waals surface area contributed by atoms with Gasteiger partial charge >= 0.3 is 0 Å². The number of nitrogens with one attached hydrogen (secondary N) is 1. The van der Waals surface area contributed by atoms with Gasteiger partial charge in [0.1, 0.15) is 5.75 Å². The molecule has 29 heavy (non-hydrogen) atoms. The minimum absolute atomic E-state index is 0.0942. The highest BCUT2D eigenvalue weighted by Crippen LogP contribution is 2.26. The van der Waals surface area contributed by atoms with Crippen molar-refractivity contribution in [1.29, 1.82) is 0 Å². The summed E-state index contributed by atoms with van der Waals surface area (Å²) in [5.41, 5.74) is 3.16. The van der Waals surface area contributed by atoms with Crippen LogP contribution in [0.15, 0.2) is 54.6 Å². The van der Waals surface area contributed by atoms with Crippen molar-refractivity contribution in [3.63, 3.8) is 0 Å². The Labute approximate surface area is 171 Å². The first-order valence-corrected chi connectivity index (χ1v) is 10.3. The summed E-state index contributed by atoms with van der Waals surface area (Å²) in [6, 6.07) is 17.5. The Kier molecular flexibility index (Phi) is 6.06. The Morgan fingerprint density at radius 3 is 2.79 bits per heavy atom. The number of benzene rings is 2. The monoisotopic (exact) mass is 390 g/mol. The van der Waals surface area contributed by atoms with Crippen molar-refractivity contribution in [2.24, 2.45) is 0 Å². The zero-order valence-electron chi connectivity index (χ0n) is 16.7. The largest absolute Gasteiger partial charge is 0.494 e. The molecule has 0 bridgehead atoms. The molecule has 0 radical (unpaired) electrons. The molecule has 1 fully saturated rings. The molecule has 5 nitrogen and oxygen atoms in total. The van der Waals surface area contributed by atoms with Crippen LogP contribution in [0.4, 0.5) is 0 Å². The van der Waals surface area contributed by atoms with Gasteiger partial charge in [-0.3, -0.25) is 4.79 Å². The van der Waals surface area contributed by atoms with Crippen LogP contribution < -0.4 is 10.1 Å². The van der Waals surface area contributed by atoms with Gasteiger partial charge in [0.15, 0.2) is 0 Å². The number of aromatic nitrogens is 1. The zero-order valence-corrected chi connectivity index (χ0v) is 16.7. The summed E-state index contributed by atoms with van der Waals surface area (Å²) in [5.74, 6) is 0.745. The van der Waals surface area contributed by atoms with Crippen LogP contribution in [0.25, 0.3) is 22.2 Å². The van der Waals surface area contributed by atoms with Gasteiger partial charge < -0.3 is 14.8 Å². The lowest BCUT2D eigenvalue weighted by Gasteiger charge is -2.13. The normalized spacial score (nSPS) is 16.1. The highest BCUT2D eigenvalue weighted by Gasteiger charge is 2.18. The molecule has 4 rings (SSSR count). The number of para-hydroxylation sites is 1. The molecule has 3 aromatic rings. The molecule has 1 aliphatic heterocycles. The van der Waals surface area contributed by atoms with Gasteiger partial charge in [-0.25, -0.2) is 4.98 Å². The van der Waals surface area contributed by atoms with E-state index in [1.54, 1.807) is 0 Å². The summed E-state index contributed by atoms with van der Waals surface area (Å²) in [6.45, 7) is 4.09.